The minimum atomic E-state index is -5.12. The summed E-state index contributed by atoms with van der Waals surface area (Å²) in [6.45, 7) is -1.13. The van der Waals surface area contributed by atoms with Gasteiger partial charge >= 0.3 is 21.3 Å². The molecule has 0 aliphatic carbocycles. The topological polar surface area (TPSA) is 213 Å². The molecule has 1 aromatic rings. The lowest BCUT2D eigenvalue weighted by Gasteiger charge is -2.25. The van der Waals surface area contributed by atoms with Gasteiger partial charge in [-0.25, -0.2) is 18.4 Å². The Balaban J connectivity index is 2.00. The first-order chi connectivity index (χ1) is 13.6. The number of hydrogen-bond acceptors (Lipinski definition) is 11. The Labute approximate surface area is 171 Å². The van der Waals surface area contributed by atoms with Gasteiger partial charge in [-0.3, -0.25) is 9.09 Å². The quantitative estimate of drug-likeness (QED) is 0.154. The molecule has 0 spiro atoms. The van der Waals surface area contributed by atoms with Crippen molar-refractivity contribution in [1.82, 2.24) is 9.55 Å². The maximum atomic E-state index is 12.0. The van der Waals surface area contributed by atoms with Crippen LogP contribution < -0.4 is 11.4 Å². The third-order valence-corrected chi connectivity index (χ3v) is 6.25. The number of hydrogen-bond donors (Lipinski definition) is 5. The number of rotatable bonds is 9. The van der Waals surface area contributed by atoms with Crippen LogP contribution in [0.5, 0.6) is 0 Å². The molecule has 1 aromatic heterocycles. The zero-order valence-corrected chi connectivity index (χ0v) is 18.1. The van der Waals surface area contributed by atoms with Gasteiger partial charge in [0.1, 0.15) is 24.1 Å². The molecule has 1 aliphatic heterocycles. The second-order valence-corrected chi connectivity index (χ2v) is 10.5. The SMILES string of the molecule is C[N+](C)(C)COP(=O)(O)OP(=O)(O)OC[C@@H]1O[C@@H](n2ccc(N)nc2=O)[C@@H](O)[C@H]1O. The molecule has 30 heavy (non-hydrogen) atoms. The summed E-state index contributed by atoms with van der Waals surface area (Å²) in [6, 6.07) is 1.26. The number of nitrogen functional groups attached to an aromatic ring is 1. The molecule has 2 rings (SSSR count). The van der Waals surface area contributed by atoms with Crippen molar-refractivity contribution >= 4 is 21.5 Å². The molecule has 1 saturated heterocycles. The number of ether oxygens (including phenoxy) is 1. The van der Waals surface area contributed by atoms with E-state index in [9.17, 15) is 33.9 Å². The molecule has 2 unspecified atom stereocenters. The summed E-state index contributed by atoms with van der Waals surface area (Å²) in [7, 11) is -5.15. The molecule has 1 aliphatic rings. The third kappa shape index (κ3) is 6.90. The van der Waals surface area contributed by atoms with Crippen LogP contribution in [0.25, 0.3) is 0 Å². The monoisotopic (exact) mass is 475 g/mol. The van der Waals surface area contributed by atoms with Crippen LogP contribution in [0, 0.1) is 0 Å². The van der Waals surface area contributed by atoms with Crippen molar-refractivity contribution in [2.75, 3.05) is 40.2 Å². The number of phosphoric ester groups is 2. The Kier molecular flexibility index (Phi) is 7.60. The van der Waals surface area contributed by atoms with E-state index in [2.05, 4.69) is 18.3 Å². The van der Waals surface area contributed by atoms with Crippen molar-refractivity contribution in [3.63, 3.8) is 0 Å². The molecule has 0 amide bonds. The molecule has 17 heteroatoms. The zero-order valence-electron chi connectivity index (χ0n) is 16.3. The predicted octanol–water partition coefficient (Wildman–Crippen LogP) is -1.64. The van der Waals surface area contributed by atoms with Crippen molar-refractivity contribution in [2.45, 2.75) is 24.5 Å². The Morgan fingerprint density at radius 1 is 1.20 bits per heavy atom. The number of phosphoric acid groups is 2. The molecule has 2 heterocycles. The molecule has 15 nitrogen and oxygen atoms in total. The van der Waals surface area contributed by atoms with Crippen LogP contribution in [0.3, 0.4) is 0 Å². The van der Waals surface area contributed by atoms with Crippen LogP contribution in [0.1, 0.15) is 6.23 Å². The molecule has 6 N–H and O–H groups in total. The van der Waals surface area contributed by atoms with Gasteiger partial charge in [-0.2, -0.15) is 9.29 Å². The number of aromatic nitrogens is 2. The Morgan fingerprint density at radius 3 is 2.37 bits per heavy atom. The van der Waals surface area contributed by atoms with E-state index in [1.165, 1.54) is 12.3 Å². The van der Waals surface area contributed by atoms with Gasteiger partial charge in [-0.1, -0.05) is 0 Å². The van der Waals surface area contributed by atoms with E-state index in [4.69, 9.17) is 10.5 Å². The summed E-state index contributed by atoms with van der Waals surface area (Å²) < 4.78 is 43.4. The summed E-state index contributed by atoms with van der Waals surface area (Å²) in [5.74, 6) is -0.0663. The minimum absolute atomic E-state index is 0.0663. The van der Waals surface area contributed by atoms with Crippen molar-refractivity contribution in [1.29, 1.82) is 0 Å². The molecule has 172 valence electrons. The van der Waals surface area contributed by atoms with Gasteiger partial charge in [0.2, 0.25) is 0 Å². The number of anilines is 1. The lowest BCUT2D eigenvalue weighted by atomic mass is 10.1. The molecule has 0 aromatic carbocycles. The van der Waals surface area contributed by atoms with Gasteiger partial charge in [-0.05, 0) is 6.07 Å². The van der Waals surface area contributed by atoms with E-state index >= 15 is 0 Å². The van der Waals surface area contributed by atoms with E-state index in [0.29, 0.717) is 0 Å². The smallest absolute Gasteiger partial charge is 0.387 e. The summed E-state index contributed by atoms with van der Waals surface area (Å²) in [6.07, 6.45) is -4.83. The standard InChI is InChI=1S/C13H24N4O11P2/c1-17(2,3)7-26-30(23,24)28-29(21,22)25-6-8-10(18)11(19)12(27-8)16-5-4-9(14)15-13(16)20/h4-5,8,10-12,18-19H,6-7H2,1-3H3,(H3-,14,15,20,21,22,23,24)/p+1/t8-,10-,11-,12+/m0/s1. The van der Waals surface area contributed by atoms with Crippen LogP contribution in [0.15, 0.2) is 17.1 Å². The zero-order chi connectivity index (χ0) is 22.9. The lowest BCUT2D eigenvalue weighted by Crippen LogP contribution is -2.36. The van der Waals surface area contributed by atoms with E-state index in [-0.39, 0.29) is 17.0 Å². The van der Waals surface area contributed by atoms with Gasteiger partial charge in [0.25, 0.3) is 0 Å². The van der Waals surface area contributed by atoms with E-state index < -0.39 is 52.5 Å². The maximum absolute atomic E-state index is 12.0. The van der Waals surface area contributed by atoms with Crippen molar-refractivity contribution in [3.8, 4) is 0 Å². The first-order valence-electron chi connectivity index (χ1n) is 8.43. The number of quaternary nitrogens is 1. The van der Waals surface area contributed by atoms with Crippen LogP contribution in [-0.4, -0.2) is 86.8 Å². The fourth-order valence-electron chi connectivity index (χ4n) is 2.31. The molecular weight excluding hydrogens is 450 g/mol. The van der Waals surface area contributed by atoms with Crippen LogP contribution in [0.4, 0.5) is 5.82 Å². The number of aliphatic hydroxyl groups excluding tert-OH is 2. The largest absolute Gasteiger partial charge is 0.485 e. The second-order valence-electron chi connectivity index (χ2n) is 7.45. The highest BCUT2D eigenvalue weighted by Crippen LogP contribution is 2.60. The second kappa shape index (κ2) is 9.10. The summed E-state index contributed by atoms with van der Waals surface area (Å²) in [5, 5.41) is 20.2. The summed E-state index contributed by atoms with van der Waals surface area (Å²) in [5.41, 5.74) is 4.52. The summed E-state index contributed by atoms with van der Waals surface area (Å²) >= 11 is 0. The van der Waals surface area contributed by atoms with Gasteiger partial charge in [-0.15, -0.1) is 0 Å². The average molecular weight is 475 g/mol. The molecule has 6 atom stereocenters. The Bertz CT molecular complexity index is 904. The van der Waals surface area contributed by atoms with Crippen LogP contribution in [-0.2, 0) is 27.2 Å². The first-order valence-corrected chi connectivity index (χ1v) is 11.4. The van der Waals surface area contributed by atoms with Gasteiger partial charge in [0.15, 0.2) is 13.0 Å². The van der Waals surface area contributed by atoms with Crippen molar-refractivity contribution in [3.05, 3.63) is 22.7 Å². The maximum Gasteiger partial charge on any atom is 0.485 e. The fourth-order valence-corrected chi connectivity index (χ4v) is 4.56. The molecule has 0 saturated carbocycles. The van der Waals surface area contributed by atoms with E-state index in [0.717, 1.165) is 4.57 Å². The highest BCUT2D eigenvalue weighted by molar-refractivity contribution is 7.61. The first kappa shape index (κ1) is 25.0. The fraction of sp³-hybridized carbons (Fsp3) is 0.692. The highest BCUT2D eigenvalue weighted by Gasteiger charge is 2.46. The Hall–Kier alpha value is -1.22. The molecule has 0 radical (unpaired) electrons. The average Bonchev–Trinajstić information content (AvgIpc) is 2.85. The third-order valence-electron chi connectivity index (χ3n) is 3.68. The van der Waals surface area contributed by atoms with Gasteiger partial charge in [0, 0.05) is 6.20 Å². The van der Waals surface area contributed by atoms with Crippen LogP contribution >= 0.6 is 15.6 Å². The molecule has 0 bridgehead atoms. The minimum Gasteiger partial charge on any atom is -0.387 e. The van der Waals surface area contributed by atoms with E-state index in [1.807, 2.05) is 0 Å². The van der Waals surface area contributed by atoms with Gasteiger partial charge in [0.05, 0.1) is 27.7 Å². The molecular formula is C13H25N4O11P2+. The van der Waals surface area contributed by atoms with Gasteiger partial charge < -0.3 is 35.0 Å². The summed E-state index contributed by atoms with van der Waals surface area (Å²) in [4.78, 5) is 34.6. The number of nitrogens with two attached hydrogens (primary N) is 1. The van der Waals surface area contributed by atoms with Crippen molar-refractivity contribution in [2.24, 2.45) is 0 Å². The number of nitrogens with zero attached hydrogens (tertiary/aromatic N) is 3. The van der Waals surface area contributed by atoms with Crippen LogP contribution in [0.2, 0.25) is 0 Å². The predicted molar refractivity (Wildman–Crippen MR) is 99.5 cm³/mol. The number of aliphatic hydroxyl groups is 2. The van der Waals surface area contributed by atoms with E-state index in [1.54, 1.807) is 21.1 Å². The van der Waals surface area contributed by atoms with Crippen molar-refractivity contribution < 1.29 is 51.7 Å². The normalized spacial score (nSPS) is 28.8. The Morgan fingerprint density at radius 2 is 1.80 bits per heavy atom. The molecule has 1 fully saturated rings. The lowest BCUT2D eigenvalue weighted by molar-refractivity contribution is -0.887. The highest BCUT2D eigenvalue weighted by atomic mass is 31.3.